The van der Waals surface area contributed by atoms with Crippen LogP contribution in [-0.2, 0) is 0 Å². The summed E-state index contributed by atoms with van der Waals surface area (Å²) < 4.78 is 5.65. The Bertz CT molecular complexity index is 655. The number of benzene rings is 2. The van der Waals surface area contributed by atoms with Crippen LogP contribution in [0, 0.1) is 0 Å². The molecule has 2 aromatic carbocycles. The van der Waals surface area contributed by atoms with E-state index in [4.69, 9.17) is 27.6 Å². The quantitative estimate of drug-likeness (QED) is 0.542. The van der Waals surface area contributed by atoms with Gasteiger partial charge in [-0.05, 0) is 18.2 Å². The Hall–Kier alpha value is -1.18. The fourth-order valence-electron chi connectivity index (χ4n) is 1.75. The zero-order valence-corrected chi connectivity index (χ0v) is 9.14. The Morgan fingerprint density at radius 3 is 2.53 bits per heavy atom. The van der Waals surface area contributed by atoms with Gasteiger partial charge >= 0.3 is 0 Å². The molecule has 0 N–H and O–H groups in total. The van der Waals surface area contributed by atoms with E-state index in [1.54, 1.807) is 6.07 Å². The Morgan fingerprint density at radius 1 is 0.867 bits per heavy atom. The lowest BCUT2D eigenvalue weighted by Gasteiger charge is -1.95. The Labute approximate surface area is 96.2 Å². The Balaban J connectivity index is 2.63. The molecule has 3 heteroatoms. The molecule has 0 saturated carbocycles. The molecule has 0 spiro atoms. The molecular formula is C12H6Cl2O. The van der Waals surface area contributed by atoms with E-state index in [9.17, 15) is 0 Å². The average Bonchev–Trinajstić information content (AvgIpc) is 2.62. The number of para-hydroxylation sites is 1. The summed E-state index contributed by atoms with van der Waals surface area (Å²) in [5.41, 5.74) is 1.60. The van der Waals surface area contributed by atoms with Gasteiger partial charge in [0.2, 0.25) is 0 Å². The van der Waals surface area contributed by atoms with Gasteiger partial charge in [0.25, 0.3) is 0 Å². The van der Waals surface area contributed by atoms with E-state index in [0.29, 0.717) is 10.0 Å². The van der Waals surface area contributed by atoms with Crippen molar-refractivity contribution in [3.8, 4) is 0 Å². The van der Waals surface area contributed by atoms with Crippen LogP contribution in [-0.4, -0.2) is 0 Å². The van der Waals surface area contributed by atoms with Crippen LogP contribution in [0.2, 0.25) is 10.0 Å². The van der Waals surface area contributed by atoms with Crippen molar-refractivity contribution < 1.29 is 4.42 Å². The molecule has 0 aliphatic carbocycles. The third kappa shape index (κ3) is 1.24. The fraction of sp³-hybridized carbons (Fsp3) is 0. The maximum Gasteiger partial charge on any atom is 0.137 e. The van der Waals surface area contributed by atoms with Crippen molar-refractivity contribution in [3.63, 3.8) is 0 Å². The van der Waals surface area contributed by atoms with E-state index in [2.05, 4.69) is 0 Å². The average molecular weight is 237 g/mol. The minimum Gasteiger partial charge on any atom is -0.456 e. The topological polar surface area (TPSA) is 13.1 Å². The largest absolute Gasteiger partial charge is 0.456 e. The zero-order valence-electron chi connectivity index (χ0n) is 7.63. The molecule has 0 bridgehead atoms. The van der Waals surface area contributed by atoms with Crippen LogP contribution in [0.15, 0.2) is 40.8 Å². The van der Waals surface area contributed by atoms with Crippen LogP contribution in [0.1, 0.15) is 0 Å². The van der Waals surface area contributed by atoms with Crippen molar-refractivity contribution in [1.29, 1.82) is 0 Å². The second kappa shape index (κ2) is 3.16. The molecule has 0 saturated heterocycles. The molecule has 15 heavy (non-hydrogen) atoms. The molecule has 1 aromatic heterocycles. The van der Waals surface area contributed by atoms with Gasteiger partial charge in [-0.1, -0.05) is 41.4 Å². The monoisotopic (exact) mass is 236 g/mol. The summed E-state index contributed by atoms with van der Waals surface area (Å²) >= 11 is 12.1. The van der Waals surface area contributed by atoms with Crippen molar-refractivity contribution in [2.24, 2.45) is 0 Å². The van der Waals surface area contributed by atoms with E-state index < -0.39 is 0 Å². The second-order valence-corrected chi connectivity index (χ2v) is 4.12. The van der Waals surface area contributed by atoms with E-state index in [-0.39, 0.29) is 0 Å². The number of rotatable bonds is 0. The van der Waals surface area contributed by atoms with Crippen LogP contribution >= 0.6 is 23.2 Å². The molecule has 1 nitrogen and oxygen atoms in total. The number of fused-ring (bicyclic) bond motifs is 3. The first kappa shape index (κ1) is 9.08. The summed E-state index contributed by atoms with van der Waals surface area (Å²) in [6.45, 7) is 0. The number of furan rings is 1. The Morgan fingerprint density at radius 2 is 1.67 bits per heavy atom. The van der Waals surface area contributed by atoms with Crippen LogP contribution < -0.4 is 0 Å². The van der Waals surface area contributed by atoms with Crippen LogP contribution in [0.25, 0.3) is 21.9 Å². The van der Waals surface area contributed by atoms with Crippen molar-refractivity contribution in [1.82, 2.24) is 0 Å². The summed E-state index contributed by atoms with van der Waals surface area (Å²) in [6.07, 6.45) is 0. The van der Waals surface area contributed by atoms with Crippen LogP contribution in [0.4, 0.5) is 0 Å². The lowest BCUT2D eigenvalue weighted by atomic mass is 10.1. The van der Waals surface area contributed by atoms with Gasteiger partial charge in [0, 0.05) is 10.8 Å². The molecule has 3 rings (SSSR count). The molecule has 3 aromatic rings. The molecule has 0 amide bonds. The first-order valence-corrected chi connectivity index (χ1v) is 5.28. The van der Waals surface area contributed by atoms with E-state index >= 15 is 0 Å². The first-order valence-electron chi connectivity index (χ1n) is 4.52. The molecular weight excluding hydrogens is 231 g/mol. The van der Waals surface area contributed by atoms with Gasteiger partial charge < -0.3 is 4.42 Å². The maximum atomic E-state index is 6.15. The summed E-state index contributed by atoms with van der Waals surface area (Å²) in [4.78, 5) is 0. The standard InChI is InChI=1S/C12H6Cl2O/c13-8-5-6-10-11(12(8)14)7-3-1-2-4-9(7)15-10/h1-6H. The molecule has 0 aliphatic rings. The highest BCUT2D eigenvalue weighted by Gasteiger charge is 2.11. The molecule has 0 unspecified atom stereocenters. The van der Waals surface area contributed by atoms with Gasteiger partial charge in [0.05, 0.1) is 10.0 Å². The first-order chi connectivity index (χ1) is 7.27. The highest BCUT2D eigenvalue weighted by Crippen LogP contribution is 2.37. The van der Waals surface area contributed by atoms with E-state index in [0.717, 1.165) is 21.9 Å². The molecule has 0 fully saturated rings. The van der Waals surface area contributed by atoms with Crippen molar-refractivity contribution in [2.75, 3.05) is 0 Å². The summed E-state index contributed by atoms with van der Waals surface area (Å²) in [5.74, 6) is 0. The summed E-state index contributed by atoms with van der Waals surface area (Å²) in [5, 5.41) is 3.00. The predicted molar refractivity (Wildman–Crippen MR) is 63.7 cm³/mol. The molecule has 0 atom stereocenters. The second-order valence-electron chi connectivity index (χ2n) is 3.33. The molecule has 0 radical (unpaired) electrons. The fourth-order valence-corrected chi connectivity index (χ4v) is 2.16. The third-order valence-electron chi connectivity index (χ3n) is 2.43. The smallest absolute Gasteiger partial charge is 0.137 e. The molecule has 74 valence electrons. The Kier molecular flexibility index (Phi) is 1.91. The number of halogens is 2. The highest BCUT2D eigenvalue weighted by atomic mass is 35.5. The lowest BCUT2D eigenvalue weighted by molar-refractivity contribution is 0.669. The maximum absolute atomic E-state index is 6.15. The molecule has 1 heterocycles. The van der Waals surface area contributed by atoms with Gasteiger partial charge in [0.1, 0.15) is 11.2 Å². The van der Waals surface area contributed by atoms with E-state index in [1.165, 1.54) is 0 Å². The number of hydrogen-bond donors (Lipinski definition) is 0. The zero-order chi connectivity index (χ0) is 10.4. The highest BCUT2D eigenvalue weighted by molar-refractivity contribution is 6.46. The minimum atomic E-state index is 0.552. The van der Waals surface area contributed by atoms with Gasteiger partial charge in [-0.25, -0.2) is 0 Å². The minimum absolute atomic E-state index is 0.552. The van der Waals surface area contributed by atoms with Gasteiger partial charge in [-0.2, -0.15) is 0 Å². The summed E-state index contributed by atoms with van der Waals surface area (Å²) in [7, 11) is 0. The van der Waals surface area contributed by atoms with Crippen molar-refractivity contribution >= 4 is 45.1 Å². The van der Waals surface area contributed by atoms with Gasteiger partial charge in [-0.3, -0.25) is 0 Å². The van der Waals surface area contributed by atoms with Gasteiger partial charge in [-0.15, -0.1) is 0 Å². The van der Waals surface area contributed by atoms with Crippen LogP contribution in [0.3, 0.4) is 0 Å². The van der Waals surface area contributed by atoms with Gasteiger partial charge in [0.15, 0.2) is 0 Å². The molecule has 0 aliphatic heterocycles. The lowest BCUT2D eigenvalue weighted by Crippen LogP contribution is -1.70. The predicted octanol–water partition coefficient (Wildman–Crippen LogP) is 4.89. The van der Waals surface area contributed by atoms with E-state index in [1.807, 2.05) is 30.3 Å². The third-order valence-corrected chi connectivity index (χ3v) is 3.24. The normalized spacial score (nSPS) is 11.3. The van der Waals surface area contributed by atoms with Crippen LogP contribution in [0.5, 0.6) is 0 Å². The van der Waals surface area contributed by atoms with Crippen molar-refractivity contribution in [3.05, 3.63) is 46.4 Å². The van der Waals surface area contributed by atoms with Crippen molar-refractivity contribution in [2.45, 2.75) is 0 Å². The number of hydrogen-bond acceptors (Lipinski definition) is 1. The summed E-state index contributed by atoms with van der Waals surface area (Å²) in [6, 6.07) is 11.4. The SMILES string of the molecule is Clc1ccc2oc3ccccc3c2c1Cl.